The zero-order valence-corrected chi connectivity index (χ0v) is 22.7. The van der Waals surface area contributed by atoms with Crippen LogP contribution < -0.4 is 19.3 Å². The van der Waals surface area contributed by atoms with E-state index in [1.165, 1.54) is 0 Å². The van der Waals surface area contributed by atoms with E-state index in [1.807, 2.05) is 43.4 Å². The van der Waals surface area contributed by atoms with Gasteiger partial charge in [0, 0.05) is 35.7 Å². The van der Waals surface area contributed by atoms with Gasteiger partial charge in [-0.05, 0) is 60.9 Å². The first kappa shape index (κ1) is 25.5. The van der Waals surface area contributed by atoms with Gasteiger partial charge in [0.1, 0.15) is 12.4 Å². The van der Waals surface area contributed by atoms with Gasteiger partial charge in [0.25, 0.3) is 0 Å². The molecule has 10 heteroatoms. The summed E-state index contributed by atoms with van der Waals surface area (Å²) in [5, 5.41) is 1.76. The van der Waals surface area contributed by atoms with Crippen LogP contribution in [0.2, 0.25) is 15.1 Å². The smallest absolute Gasteiger partial charge is 0.240 e. The number of nitrogens with zero attached hydrogens (tertiary/aromatic N) is 2. The van der Waals surface area contributed by atoms with Crippen molar-refractivity contribution in [1.29, 1.82) is 0 Å². The van der Waals surface area contributed by atoms with Crippen molar-refractivity contribution in [3.8, 4) is 5.75 Å². The number of anilines is 2. The van der Waals surface area contributed by atoms with Crippen LogP contribution in [0.15, 0.2) is 65.6 Å². The largest absolute Gasteiger partial charge is 0.490 e. The van der Waals surface area contributed by atoms with Gasteiger partial charge in [-0.15, -0.1) is 0 Å². The lowest BCUT2D eigenvalue weighted by Gasteiger charge is -2.42. The Morgan fingerprint density at radius 3 is 2.39 bits per heavy atom. The third-order valence-electron chi connectivity index (χ3n) is 6.74. The van der Waals surface area contributed by atoms with Gasteiger partial charge in [0.2, 0.25) is 10.0 Å². The maximum Gasteiger partial charge on any atom is 0.240 e. The number of piperidine rings is 1. The summed E-state index contributed by atoms with van der Waals surface area (Å²) >= 11 is 18.8. The van der Waals surface area contributed by atoms with Crippen molar-refractivity contribution in [2.24, 2.45) is 0 Å². The number of hydrogen-bond acceptors (Lipinski definition) is 5. The van der Waals surface area contributed by atoms with Crippen molar-refractivity contribution in [1.82, 2.24) is 4.72 Å². The minimum absolute atomic E-state index is 0.108. The van der Waals surface area contributed by atoms with Crippen LogP contribution in [0, 0.1) is 0 Å². The van der Waals surface area contributed by atoms with Gasteiger partial charge in [-0.2, -0.15) is 0 Å². The molecule has 0 radical (unpaired) electrons. The molecule has 3 aromatic carbocycles. The standard InChI is InChI=1S/C26H26Cl3N3O3S/c1-31-12-13-35-26-16-21(7-9-24(26)31)36(33,34)30-20-10-11-32(23-8-6-19(28)14-22(23)29)25(15-20)17-2-4-18(27)5-3-17/h2-9,14,16,20,25,30H,10-13,15H2,1H3/t20-,25+/m1/s1. The summed E-state index contributed by atoms with van der Waals surface area (Å²) in [7, 11) is -1.79. The van der Waals surface area contributed by atoms with Crippen LogP contribution in [0.5, 0.6) is 5.75 Å². The molecule has 0 aliphatic carbocycles. The molecular formula is C26H26Cl3N3O3S. The fourth-order valence-corrected chi connectivity index (χ4v) is 6.81. The van der Waals surface area contributed by atoms with Gasteiger partial charge in [0.05, 0.1) is 33.9 Å². The van der Waals surface area contributed by atoms with E-state index in [-0.39, 0.29) is 17.0 Å². The van der Waals surface area contributed by atoms with E-state index < -0.39 is 10.0 Å². The van der Waals surface area contributed by atoms with Crippen molar-refractivity contribution in [3.63, 3.8) is 0 Å². The summed E-state index contributed by atoms with van der Waals surface area (Å²) in [4.78, 5) is 4.45. The summed E-state index contributed by atoms with van der Waals surface area (Å²) in [5.41, 5.74) is 2.77. The fourth-order valence-electron chi connectivity index (χ4n) is 4.87. The fraction of sp³-hybridized carbons (Fsp3) is 0.308. The van der Waals surface area contributed by atoms with Crippen LogP contribution in [-0.2, 0) is 10.0 Å². The van der Waals surface area contributed by atoms with E-state index in [0.717, 1.165) is 23.5 Å². The predicted molar refractivity (Wildman–Crippen MR) is 147 cm³/mol. The lowest BCUT2D eigenvalue weighted by Crippen LogP contribution is -2.46. The molecule has 36 heavy (non-hydrogen) atoms. The molecule has 0 spiro atoms. The molecule has 0 saturated carbocycles. The lowest BCUT2D eigenvalue weighted by molar-refractivity contribution is 0.310. The SMILES string of the molecule is CN1CCOc2cc(S(=O)(=O)N[C@@H]3CCN(c4ccc(Cl)cc4Cl)[C@H](c4ccc(Cl)cc4)C3)ccc21. The summed E-state index contributed by atoms with van der Waals surface area (Å²) < 4.78 is 35.3. The first-order chi connectivity index (χ1) is 17.2. The van der Waals surface area contributed by atoms with Gasteiger partial charge in [-0.25, -0.2) is 13.1 Å². The van der Waals surface area contributed by atoms with Gasteiger partial charge >= 0.3 is 0 Å². The number of sulfonamides is 1. The molecule has 5 rings (SSSR count). The molecule has 3 aromatic rings. The Morgan fingerprint density at radius 2 is 1.64 bits per heavy atom. The highest BCUT2D eigenvalue weighted by Gasteiger charge is 2.33. The number of nitrogens with one attached hydrogen (secondary N) is 1. The Hall–Kier alpha value is -2.16. The van der Waals surface area contributed by atoms with Crippen LogP contribution in [0.4, 0.5) is 11.4 Å². The Bertz CT molecular complexity index is 1370. The first-order valence-corrected chi connectivity index (χ1v) is 14.3. The van der Waals surface area contributed by atoms with Crippen molar-refractivity contribution in [2.75, 3.05) is 36.5 Å². The monoisotopic (exact) mass is 565 g/mol. The van der Waals surface area contributed by atoms with Crippen LogP contribution in [-0.4, -0.2) is 41.2 Å². The van der Waals surface area contributed by atoms with Crippen molar-refractivity contribution in [3.05, 3.63) is 81.3 Å². The molecule has 2 atom stereocenters. The van der Waals surface area contributed by atoms with E-state index in [2.05, 4.69) is 14.5 Å². The molecule has 1 saturated heterocycles. The van der Waals surface area contributed by atoms with Crippen LogP contribution in [0.25, 0.3) is 0 Å². The number of fused-ring (bicyclic) bond motifs is 1. The Labute approximate surface area is 226 Å². The number of benzene rings is 3. The maximum absolute atomic E-state index is 13.4. The molecule has 0 amide bonds. The molecule has 6 nitrogen and oxygen atoms in total. The average molecular weight is 567 g/mol. The minimum atomic E-state index is -3.75. The van der Waals surface area contributed by atoms with Crippen LogP contribution >= 0.6 is 34.8 Å². The normalized spacial score (nSPS) is 20.1. The Kier molecular flexibility index (Phi) is 7.30. The van der Waals surface area contributed by atoms with E-state index in [9.17, 15) is 8.42 Å². The highest BCUT2D eigenvalue weighted by atomic mass is 35.5. The number of likely N-dealkylation sites (N-methyl/N-ethyl adjacent to an activating group) is 1. The summed E-state index contributed by atoms with van der Waals surface area (Å²) in [6, 6.07) is 17.7. The predicted octanol–water partition coefficient (Wildman–Crippen LogP) is 6.16. The number of hydrogen-bond donors (Lipinski definition) is 1. The molecule has 0 unspecified atom stereocenters. The average Bonchev–Trinajstić information content (AvgIpc) is 2.85. The minimum Gasteiger partial charge on any atom is -0.490 e. The number of halogens is 3. The van der Waals surface area contributed by atoms with Crippen molar-refractivity contribution >= 4 is 56.2 Å². The molecule has 190 valence electrons. The van der Waals surface area contributed by atoms with E-state index >= 15 is 0 Å². The summed E-state index contributed by atoms with van der Waals surface area (Å²) in [6.07, 6.45) is 1.18. The topological polar surface area (TPSA) is 61.9 Å². The molecule has 1 N–H and O–H groups in total. The summed E-state index contributed by atoms with van der Waals surface area (Å²) in [5.74, 6) is 0.581. The second-order valence-corrected chi connectivity index (χ2v) is 12.1. The van der Waals surface area contributed by atoms with Crippen molar-refractivity contribution < 1.29 is 13.2 Å². The summed E-state index contributed by atoms with van der Waals surface area (Å²) in [6.45, 7) is 1.90. The second-order valence-electron chi connectivity index (χ2n) is 9.10. The third kappa shape index (κ3) is 5.27. The zero-order chi connectivity index (χ0) is 25.4. The van der Waals surface area contributed by atoms with Gasteiger partial charge in [-0.3, -0.25) is 0 Å². The highest BCUT2D eigenvalue weighted by Crippen LogP contribution is 2.40. The highest BCUT2D eigenvalue weighted by molar-refractivity contribution is 7.89. The molecule has 1 fully saturated rings. The molecule has 2 heterocycles. The van der Waals surface area contributed by atoms with Crippen LogP contribution in [0.3, 0.4) is 0 Å². The Balaban J connectivity index is 1.41. The van der Waals surface area contributed by atoms with Crippen molar-refractivity contribution in [2.45, 2.75) is 29.8 Å². The molecule has 0 bridgehead atoms. The molecule has 2 aliphatic rings. The van der Waals surface area contributed by atoms with E-state index in [4.69, 9.17) is 39.5 Å². The third-order valence-corrected chi connectivity index (χ3v) is 9.04. The quantitative estimate of drug-likeness (QED) is 0.401. The molecule has 2 aliphatic heterocycles. The van der Waals surface area contributed by atoms with E-state index in [0.29, 0.717) is 46.8 Å². The number of ether oxygens (including phenoxy) is 1. The van der Waals surface area contributed by atoms with E-state index in [1.54, 1.807) is 24.3 Å². The lowest BCUT2D eigenvalue weighted by atomic mass is 9.91. The maximum atomic E-state index is 13.4. The van der Waals surface area contributed by atoms with Crippen LogP contribution in [0.1, 0.15) is 24.4 Å². The Morgan fingerprint density at radius 1 is 0.917 bits per heavy atom. The first-order valence-electron chi connectivity index (χ1n) is 11.7. The van der Waals surface area contributed by atoms with Gasteiger partial charge < -0.3 is 14.5 Å². The van der Waals surface area contributed by atoms with Gasteiger partial charge in [0.15, 0.2) is 0 Å². The zero-order valence-electron chi connectivity index (χ0n) is 19.6. The number of rotatable bonds is 5. The second kappa shape index (κ2) is 10.3. The van der Waals surface area contributed by atoms with Gasteiger partial charge in [-0.1, -0.05) is 46.9 Å². The molecule has 0 aromatic heterocycles. The molecular weight excluding hydrogens is 541 g/mol.